The molecule has 0 radical (unpaired) electrons. The minimum absolute atomic E-state index is 0.0553. The van der Waals surface area contributed by atoms with Crippen molar-refractivity contribution < 1.29 is 17.9 Å². The first-order valence-corrected chi connectivity index (χ1v) is 5.27. The summed E-state index contributed by atoms with van der Waals surface area (Å²) in [5, 5.41) is 3.91. The van der Waals surface area contributed by atoms with Crippen molar-refractivity contribution >= 4 is 5.65 Å². The lowest BCUT2D eigenvalue weighted by molar-refractivity contribution is -0.274. The summed E-state index contributed by atoms with van der Waals surface area (Å²) in [6, 6.07) is 1.14. The Morgan fingerprint density at radius 1 is 1.22 bits per heavy atom. The molecule has 2 rings (SSSR count). The molecule has 0 N–H and O–H groups in total. The van der Waals surface area contributed by atoms with Gasteiger partial charge in [-0.3, -0.25) is 0 Å². The Labute approximate surface area is 101 Å². The second-order valence-corrected chi connectivity index (χ2v) is 4.89. The third-order valence-electron chi connectivity index (χ3n) is 2.32. The maximum Gasteiger partial charge on any atom is 0.573 e. The predicted molar refractivity (Wildman–Crippen MR) is 58.4 cm³/mol. The summed E-state index contributed by atoms with van der Waals surface area (Å²) in [6.07, 6.45) is -1.91. The number of aromatic nitrogens is 3. The summed E-state index contributed by atoms with van der Waals surface area (Å²) in [6.45, 7) is 5.75. The summed E-state index contributed by atoms with van der Waals surface area (Å²) < 4.78 is 41.9. The molecule has 0 bridgehead atoms. The minimum atomic E-state index is -4.74. The van der Waals surface area contributed by atoms with Crippen LogP contribution in [-0.2, 0) is 5.41 Å². The van der Waals surface area contributed by atoms with E-state index in [4.69, 9.17) is 0 Å². The van der Waals surface area contributed by atoms with E-state index in [1.54, 1.807) is 6.20 Å². The second kappa shape index (κ2) is 3.86. The first-order chi connectivity index (χ1) is 8.17. The van der Waals surface area contributed by atoms with Crippen LogP contribution in [0, 0.1) is 0 Å². The third kappa shape index (κ3) is 2.55. The standard InChI is InChI=1S/C11H12F3N3O/c1-10(2,3)8-6-17-9(16-8)7(4-5-15-17)18-11(12,13)14/h4-6H,1-3H3. The van der Waals surface area contributed by atoms with Gasteiger partial charge in [-0.2, -0.15) is 5.10 Å². The lowest BCUT2D eigenvalue weighted by Crippen LogP contribution is -2.18. The van der Waals surface area contributed by atoms with Crippen molar-refractivity contribution in [3.05, 3.63) is 24.2 Å². The lowest BCUT2D eigenvalue weighted by atomic mass is 9.93. The summed E-state index contributed by atoms with van der Waals surface area (Å²) >= 11 is 0. The molecule has 0 aromatic carbocycles. The fourth-order valence-corrected chi connectivity index (χ4v) is 1.44. The van der Waals surface area contributed by atoms with Gasteiger partial charge in [0, 0.05) is 11.5 Å². The Morgan fingerprint density at radius 3 is 2.44 bits per heavy atom. The van der Waals surface area contributed by atoms with E-state index in [0.717, 1.165) is 6.07 Å². The number of nitrogens with zero attached hydrogens (tertiary/aromatic N) is 3. The highest BCUT2D eigenvalue weighted by atomic mass is 19.4. The van der Waals surface area contributed by atoms with Crippen LogP contribution in [0.2, 0.25) is 0 Å². The molecule has 0 aliphatic carbocycles. The molecule has 2 aromatic heterocycles. The molecule has 0 amide bonds. The highest BCUT2D eigenvalue weighted by Gasteiger charge is 2.32. The molecular formula is C11H12F3N3O. The quantitative estimate of drug-likeness (QED) is 0.790. The average Bonchev–Trinajstić information content (AvgIpc) is 2.59. The van der Waals surface area contributed by atoms with Gasteiger partial charge in [0.2, 0.25) is 0 Å². The van der Waals surface area contributed by atoms with Crippen molar-refractivity contribution in [2.45, 2.75) is 32.5 Å². The van der Waals surface area contributed by atoms with Gasteiger partial charge in [0.25, 0.3) is 0 Å². The van der Waals surface area contributed by atoms with Gasteiger partial charge in [-0.1, -0.05) is 20.8 Å². The number of fused-ring (bicyclic) bond motifs is 1. The summed E-state index contributed by atoms with van der Waals surface area (Å²) in [7, 11) is 0. The van der Waals surface area contributed by atoms with Crippen LogP contribution in [0.15, 0.2) is 18.5 Å². The molecule has 0 saturated heterocycles. The summed E-state index contributed by atoms with van der Waals surface area (Å²) in [5.74, 6) is -0.354. The first kappa shape index (κ1) is 12.7. The first-order valence-electron chi connectivity index (χ1n) is 5.27. The molecule has 2 heterocycles. The Bertz CT molecular complexity index is 569. The zero-order valence-electron chi connectivity index (χ0n) is 10.1. The van der Waals surface area contributed by atoms with E-state index in [0.29, 0.717) is 5.69 Å². The van der Waals surface area contributed by atoms with Crippen LogP contribution in [0.4, 0.5) is 13.2 Å². The Kier molecular flexibility index (Phi) is 2.71. The molecule has 4 nitrogen and oxygen atoms in total. The van der Waals surface area contributed by atoms with E-state index in [1.807, 2.05) is 20.8 Å². The minimum Gasteiger partial charge on any atom is -0.402 e. The molecule has 0 saturated carbocycles. The van der Waals surface area contributed by atoms with E-state index in [1.165, 1.54) is 10.7 Å². The lowest BCUT2D eigenvalue weighted by Gasteiger charge is -2.13. The number of halogens is 3. The van der Waals surface area contributed by atoms with Crippen LogP contribution in [0.1, 0.15) is 26.5 Å². The van der Waals surface area contributed by atoms with E-state index < -0.39 is 6.36 Å². The molecule has 0 atom stereocenters. The Balaban J connectivity index is 2.53. The van der Waals surface area contributed by atoms with Crippen LogP contribution in [0.3, 0.4) is 0 Å². The van der Waals surface area contributed by atoms with Gasteiger partial charge in [-0.25, -0.2) is 9.50 Å². The van der Waals surface area contributed by atoms with Crippen molar-refractivity contribution in [1.82, 2.24) is 14.6 Å². The van der Waals surface area contributed by atoms with Crippen LogP contribution in [0.25, 0.3) is 5.65 Å². The SMILES string of the molecule is CC(C)(C)c1cn2nccc(OC(F)(F)F)c2n1. The van der Waals surface area contributed by atoms with Gasteiger partial charge in [0.15, 0.2) is 11.4 Å². The number of hydrogen-bond donors (Lipinski definition) is 0. The van der Waals surface area contributed by atoms with Gasteiger partial charge in [-0.15, -0.1) is 13.2 Å². The van der Waals surface area contributed by atoms with E-state index in [-0.39, 0.29) is 16.8 Å². The molecule has 98 valence electrons. The van der Waals surface area contributed by atoms with Crippen molar-refractivity contribution in [3.63, 3.8) is 0 Å². The Hall–Kier alpha value is -1.79. The molecule has 0 unspecified atom stereocenters. The topological polar surface area (TPSA) is 39.4 Å². The van der Waals surface area contributed by atoms with Gasteiger partial charge >= 0.3 is 6.36 Å². The van der Waals surface area contributed by atoms with E-state index in [2.05, 4.69) is 14.8 Å². The number of alkyl halides is 3. The van der Waals surface area contributed by atoms with Gasteiger partial charge in [0.05, 0.1) is 18.1 Å². The molecule has 0 fully saturated rings. The zero-order valence-corrected chi connectivity index (χ0v) is 10.1. The molecule has 0 spiro atoms. The largest absolute Gasteiger partial charge is 0.573 e. The van der Waals surface area contributed by atoms with Crippen LogP contribution >= 0.6 is 0 Å². The molecule has 0 aliphatic heterocycles. The maximum atomic E-state index is 12.2. The van der Waals surface area contributed by atoms with Crippen molar-refractivity contribution in [1.29, 1.82) is 0 Å². The smallest absolute Gasteiger partial charge is 0.402 e. The molecule has 18 heavy (non-hydrogen) atoms. The monoisotopic (exact) mass is 259 g/mol. The van der Waals surface area contributed by atoms with Crippen LogP contribution in [-0.4, -0.2) is 21.0 Å². The van der Waals surface area contributed by atoms with Crippen molar-refractivity contribution in [2.75, 3.05) is 0 Å². The summed E-state index contributed by atoms with van der Waals surface area (Å²) in [4.78, 5) is 4.14. The maximum absolute atomic E-state index is 12.2. The van der Waals surface area contributed by atoms with Crippen molar-refractivity contribution in [3.8, 4) is 5.75 Å². The molecular weight excluding hydrogens is 247 g/mol. The summed E-state index contributed by atoms with van der Waals surface area (Å²) in [5.41, 5.74) is 0.427. The molecule has 2 aromatic rings. The van der Waals surface area contributed by atoms with E-state index in [9.17, 15) is 13.2 Å². The van der Waals surface area contributed by atoms with Gasteiger partial charge < -0.3 is 4.74 Å². The molecule has 0 aliphatic rings. The third-order valence-corrected chi connectivity index (χ3v) is 2.32. The number of rotatable bonds is 1. The van der Waals surface area contributed by atoms with Crippen LogP contribution < -0.4 is 4.74 Å². The molecule has 7 heteroatoms. The second-order valence-electron chi connectivity index (χ2n) is 4.89. The fourth-order valence-electron chi connectivity index (χ4n) is 1.44. The van der Waals surface area contributed by atoms with Gasteiger partial charge in [-0.05, 0) is 0 Å². The van der Waals surface area contributed by atoms with Crippen LogP contribution in [0.5, 0.6) is 5.75 Å². The number of ether oxygens (including phenoxy) is 1. The van der Waals surface area contributed by atoms with Crippen molar-refractivity contribution in [2.24, 2.45) is 0 Å². The Morgan fingerprint density at radius 2 is 1.89 bits per heavy atom. The highest BCUT2D eigenvalue weighted by molar-refractivity contribution is 5.53. The van der Waals surface area contributed by atoms with E-state index >= 15 is 0 Å². The zero-order chi connectivity index (χ0) is 13.6. The average molecular weight is 259 g/mol. The number of imidazole rings is 1. The fraction of sp³-hybridized carbons (Fsp3) is 0.455. The predicted octanol–water partition coefficient (Wildman–Crippen LogP) is 2.93. The number of hydrogen-bond acceptors (Lipinski definition) is 3. The van der Waals surface area contributed by atoms with Gasteiger partial charge in [0.1, 0.15) is 0 Å². The highest BCUT2D eigenvalue weighted by Crippen LogP contribution is 2.28. The normalized spacial score (nSPS) is 13.0.